The Balaban J connectivity index is 1.42. The predicted octanol–water partition coefficient (Wildman–Crippen LogP) is 5.38. The number of para-hydroxylation sites is 1. The molecule has 6 nitrogen and oxygen atoms in total. The number of carbonyl (C=O) groups excluding carboxylic acids is 2. The Morgan fingerprint density at radius 2 is 1.62 bits per heavy atom. The first-order valence-electron chi connectivity index (χ1n) is 12.4. The fraction of sp³-hybridized carbons (Fsp3) is 0.226. The Hall–Kier alpha value is -4.32. The van der Waals surface area contributed by atoms with Crippen LogP contribution in [0.25, 0.3) is 0 Å². The normalized spacial score (nSPS) is 19.2. The van der Waals surface area contributed by atoms with Gasteiger partial charge in [-0.3, -0.25) is 4.79 Å². The van der Waals surface area contributed by atoms with Crippen LogP contribution in [-0.4, -0.2) is 30.1 Å². The van der Waals surface area contributed by atoms with Crippen molar-refractivity contribution in [3.05, 3.63) is 119 Å². The molecule has 6 heteroatoms. The number of rotatable bonds is 7. The molecule has 3 aromatic carbocycles. The average Bonchev–Trinajstić information content (AvgIpc) is 2.91. The fourth-order valence-electron chi connectivity index (χ4n) is 5.20. The van der Waals surface area contributed by atoms with E-state index >= 15 is 0 Å². The highest BCUT2D eigenvalue weighted by Gasteiger charge is 2.41. The van der Waals surface area contributed by atoms with Gasteiger partial charge in [-0.2, -0.15) is 0 Å². The summed E-state index contributed by atoms with van der Waals surface area (Å²) in [5.41, 5.74) is 4.18. The summed E-state index contributed by atoms with van der Waals surface area (Å²) < 4.78 is 11.3. The first-order chi connectivity index (χ1) is 18.0. The van der Waals surface area contributed by atoms with Crippen LogP contribution in [0.5, 0.6) is 11.5 Å². The first-order valence-corrected chi connectivity index (χ1v) is 12.4. The zero-order chi connectivity index (χ0) is 25.8. The lowest BCUT2D eigenvalue weighted by Crippen LogP contribution is -2.36. The Morgan fingerprint density at radius 1 is 0.919 bits per heavy atom. The Morgan fingerprint density at radius 3 is 2.35 bits per heavy atom. The fourth-order valence-corrected chi connectivity index (χ4v) is 5.20. The van der Waals surface area contributed by atoms with Gasteiger partial charge in [0.25, 0.3) is 0 Å². The molecule has 2 atom stereocenters. The molecule has 2 aliphatic rings. The van der Waals surface area contributed by atoms with E-state index in [-0.39, 0.29) is 30.7 Å². The third-order valence-electron chi connectivity index (χ3n) is 6.85. The largest absolute Gasteiger partial charge is 0.508 e. The van der Waals surface area contributed by atoms with Crippen molar-refractivity contribution in [2.24, 2.45) is 0 Å². The minimum Gasteiger partial charge on any atom is -0.508 e. The molecule has 2 N–H and O–H groups in total. The van der Waals surface area contributed by atoms with E-state index in [9.17, 15) is 14.7 Å². The molecule has 0 saturated heterocycles. The van der Waals surface area contributed by atoms with Crippen LogP contribution in [-0.2, 0) is 14.3 Å². The molecule has 1 aliphatic carbocycles. The molecule has 3 aromatic rings. The summed E-state index contributed by atoms with van der Waals surface area (Å²) in [4.78, 5) is 27.0. The lowest BCUT2D eigenvalue weighted by atomic mass is 9.71. The molecular weight excluding hydrogens is 466 g/mol. The summed E-state index contributed by atoms with van der Waals surface area (Å²) in [6.45, 7) is 2.10. The number of benzene rings is 3. The van der Waals surface area contributed by atoms with Crippen LogP contribution in [0.4, 0.5) is 0 Å². The minimum absolute atomic E-state index is 0.0128. The third-order valence-corrected chi connectivity index (χ3v) is 6.85. The van der Waals surface area contributed by atoms with Gasteiger partial charge in [-0.05, 0) is 54.7 Å². The number of Topliss-reactive ketones (excluding diaryl/α,β-unsaturated/α-hetero) is 1. The van der Waals surface area contributed by atoms with Crippen molar-refractivity contribution >= 4 is 11.8 Å². The number of allylic oxidation sites excluding steroid dienone is 3. The predicted molar refractivity (Wildman–Crippen MR) is 140 cm³/mol. The number of hydrogen-bond donors (Lipinski definition) is 2. The molecule has 37 heavy (non-hydrogen) atoms. The number of phenolic OH excluding ortho intramolecular Hbond substituents is 1. The second-order valence-electron chi connectivity index (χ2n) is 9.32. The Bertz CT molecular complexity index is 1360. The molecule has 0 spiro atoms. The van der Waals surface area contributed by atoms with Crippen molar-refractivity contribution in [2.45, 2.75) is 31.6 Å². The Kier molecular flexibility index (Phi) is 7.08. The number of dihydropyridines is 1. The maximum Gasteiger partial charge on any atom is 0.336 e. The van der Waals surface area contributed by atoms with Crippen molar-refractivity contribution in [3.63, 3.8) is 0 Å². The maximum atomic E-state index is 13.6. The summed E-state index contributed by atoms with van der Waals surface area (Å²) in [6.07, 6.45) is 1.01. The lowest BCUT2D eigenvalue weighted by Gasteiger charge is -2.36. The summed E-state index contributed by atoms with van der Waals surface area (Å²) >= 11 is 0. The number of ketones is 1. The minimum atomic E-state index is -0.630. The average molecular weight is 496 g/mol. The highest BCUT2D eigenvalue weighted by atomic mass is 16.6. The number of ether oxygens (including phenoxy) is 2. The highest BCUT2D eigenvalue weighted by Crippen LogP contribution is 2.46. The molecule has 188 valence electrons. The molecule has 0 aromatic heterocycles. The van der Waals surface area contributed by atoms with Gasteiger partial charge in [-0.15, -0.1) is 0 Å². The number of carbonyl (C=O) groups is 2. The standard InChI is InChI=1S/C31H29NO5/c1-20-28(31(35)37-16-15-36-25-13-6-3-7-14-25)29(22-11-8-12-24(33)17-22)30-26(32-20)18-23(19-27(30)34)21-9-4-2-5-10-21/h2-14,17,23,29,32-33H,15-16,18-19H2,1H3. The van der Waals surface area contributed by atoms with Crippen molar-refractivity contribution in [1.82, 2.24) is 5.32 Å². The van der Waals surface area contributed by atoms with Gasteiger partial charge in [0.15, 0.2) is 5.78 Å². The quantitative estimate of drug-likeness (QED) is 0.338. The van der Waals surface area contributed by atoms with Gasteiger partial charge < -0.3 is 19.9 Å². The monoisotopic (exact) mass is 495 g/mol. The van der Waals surface area contributed by atoms with Gasteiger partial charge in [-0.1, -0.05) is 60.7 Å². The van der Waals surface area contributed by atoms with E-state index in [1.54, 1.807) is 18.2 Å². The summed E-state index contributed by atoms with van der Waals surface area (Å²) in [5.74, 6) is -0.330. The van der Waals surface area contributed by atoms with Crippen molar-refractivity contribution in [3.8, 4) is 11.5 Å². The first kappa shape index (κ1) is 24.4. The number of hydrogen-bond acceptors (Lipinski definition) is 6. The molecule has 5 rings (SSSR count). The number of aromatic hydroxyl groups is 1. The lowest BCUT2D eigenvalue weighted by molar-refractivity contribution is -0.140. The van der Waals surface area contributed by atoms with Crippen molar-refractivity contribution in [2.75, 3.05) is 13.2 Å². The van der Waals surface area contributed by atoms with Crippen molar-refractivity contribution < 1.29 is 24.2 Å². The summed E-state index contributed by atoms with van der Waals surface area (Å²) in [6, 6.07) is 26.1. The maximum absolute atomic E-state index is 13.6. The summed E-state index contributed by atoms with van der Waals surface area (Å²) in [7, 11) is 0. The zero-order valence-electron chi connectivity index (χ0n) is 20.6. The molecule has 0 radical (unpaired) electrons. The van der Waals surface area contributed by atoms with E-state index in [4.69, 9.17) is 9.47 Å². The van der Waals surface area contributed by atoms with Gasteiger partial charge >= 0.3 is 5.97 Å². The number of phenols is 1. The molecule has 0 saturated carbocycles. The number of esters is 1. The zero-order valence-corrected chi connectivity index (χ0v) is 20.6. The van der Waals surface area contributed by atoms with E-state index in [1.807, 2.05) is 73.7 Å². The molecule has 0 bridgehead atoms. The van der Waals surface area contributed by atoms with Gasteiger partial charge in [-0.25, -0.2) is 4.79 Å². The van der Waals surface area contributed by atoms with Crippen molar-refractivity contribution in [1.29, 1.82) is 0 Å². The van der Waals surface area contributed by atoms with E-state index < -0.39 is 11.9 Å². The molecule has 2 unspecified atom stereocenters. The second-order valence-corrected chi connectivity index (χ2v) is 9.32. The van der Waals surface area contributed by atoms with Crippen LogP contribution in [0.15, 0.2) is 107 Å². The van der Waals surface area contributed by atoms with Crippen LogP contribution in [0.2, 0.25) is 0 Å². The topological polar surface area (TPSA) is 84.9 Å². The van der Waals surface area contributed by atoms with Crippen LogP contribution in [0, 0.1) is 0 Å². The third kappa shape index (κ3) is 5.28. The van der Waals surface area contributed by atoms with E-state index in [0.717, 1.165) is 11.3 Å². The molecule has 0 amide bonds. The van der Waals surface area contributed by atoms with Gasteiger partial charge in [0.2, 0.25) is 0 Å². The molecule has 1 aliphatic heterocycles. The van der Waals surface area contributed by atoms with Crippen LogP contribution in [0.3, 0.4) is 0 Å². The second kappa shape index (κ2) is 10.7. The van der Waals surface area contributed by atoms with E-state index in [2.05, 4.69) is 5.32 Å². The molecule has 0 fully saturated rings. The smallest absolute Gasteiger partial charge is 0.336 e. The Labute approximate surface area is 216 Å². The van der Waals surface area contributed by atoms with E-state index in [0.29, 0.717) is 41.0 Å². The number of nitrogens with one attached hydrogen (secondary N) is 1. The van der Waals surface area contributed by atoms with E-state index in [1.165, 1.54) is 0 Å². The van der Waals surface area contributed by atoms with Crippen LogP contribution >= 0.6 is 0 Å². The SMILES string of the molecule is CC1=C(C(=O)OCCOc2ccccc2)C(c2cccc(O)c2)C2=C(CC(c3ccccc3)CC2=O)N1. The van der Waals surface area contributed by atoms with Gasteiger partial charge in [0, 0.05) is 29.3 Å². The molecule has 1 heterocycles. The van der Waals surface area contributed by atoms with Crippen LogP contribution < -0.4 is 10.1 Å². The van der Waals surface area contributed by atoms with Gasteiger partial charge in [0.05, 0.1) is 5.57 Å². The summed E-state index contributed by atoms with van der Waals surface area (Å²) in [5, 5.41) is 13.6. The van der Waals surface area contributed by atoms with Crippen LogP contribution in [0.1, 0.15) is 42.7 Å². The highest BCUT2D eigenvalue weighted by molar-refractivity contribution is 6.04. The van der Waals surface area contributed by atoms with Gasteiger partial charge in [0.1, 0.15) is 24.7 Å². The molecular formula is C31H29NO5.